The van der Waals surface area contributed by atoms with Gasteiger partial charge in [-0.15, -0.1) is 0 Å². The van der Waals surface area contributed by atoms with E-state index in [9.17, 15) is 31.1 Å². The van der Waals surface area contributed by atoms with Gasteiger partial charge in [-0.05, 0) is 25.9 Å². The molecule has 13 heteroatoms. The third-order valence-corrected chi connectivity index (χ3v) is 2.06. The van der Waals surface area contributed by atoms with Crippen molar-refractivity contribution in [1.29, 1.82) is 0 Å². The van der Waals surface area contributed by atoms with Crippen LogP contribution >= 0.6 is 0 Å². The Morgan fingerprint density at radius 2 is 1.13 bits per heavy atom. The van der Waals surface area contributed by atoms with Crippen molar-refractivity contribution in [2.24, 2.45) is 5.73 Å². The van der Waals surface area contributed by atoms with Gasteiger partial charge in [0.05, 0.1) is 6.54 Å². The number of rotatable bonds is 2. The van der Waals surface area contributed by atoms with Gasteiger partial charge in [0.25, 0.3) is 0 Å². The summed E-state index contributed by atoms with van der Waals surface area (Å²) in [7, 11) is 0. The smallest absolute Gasteiger partial charge is 0.475 e. The van der Waals surface area contributed by atoms with Gasteiger partial charge in [-0.1, -0.05) is 0 Å². The molecule has 136 valence electrons. The molecule has 0 saturated carbocycles. The number of nitrogens with zero attached hydrogens (tertiary/aromatic N) is 1. The number of aliphatic carboxylic acids is 2. The van der Waals surface area contributed by atoms with Crippen LogP contribution in [0, 0.1) is 0 Å². The zero-order valence-corrected chi connectivity index (χ0v) is 11.4. The van der Waals surface area contributed by atoms with Crippen LogP contribution in [-0.4, -0.2) is 64.9 Å². The van der Waals surface area contributed by atoms with Gasteiger partial charge in [0.15, 0.2) is 0 Å². The average Bonchev–Trinajstić information content (AvgIpc) is 2.79. The molecule has 0 atom stereocenters. The monoisotopic (exact) mass is 356 g/mol. The number of hydrogen-bond acceptors (Lipinski definition) is 4. The summed E-state index contributed by atoms with van der Waals surface area (Å²) in [4.78, 5) is 30.2. The molecule has 1 heterocycles. The summed E-state index contributed by atoms with van der Waals surface area (Å²) < 4.78 is 63.5. The van der Waals surface area contributed by atoms with Gasteiger partial charge in [-0.2, -0.15) is 26.3 Å². The van der Waals surface area contributed by atoms with Gasteiger partial charge in [-0.25, -0.2) is 9.59 Å². The molecule has 1 aliphatic heterocycles. The number of carboxylic acids is 2. The third kappa shape index (κ3) is 14.6. The van der Waals surface area contributed by atoms with Crippen LogP contribution in [0.25, 0.3) is 0 Å². The summed E-state index contributed by atoms with van der Waals surface area (Å²) in [6.07, 6.45) is -7.74. The van der Waals surface area contributed by atoms with Gasteiger partial charge in [0.2, 0.25) is 5.91 Å². The molecule has 1 aliphatic rings. The van der Waals surface area contributed by atoms with Gasteiger partial charge in [0.1, 0.15) is 0 Å². The first kappa shape index (κ1) is 23.2. The Morgan fingerprint density at radius 1 is 0.870 bits per heavy atom. The molecule has 0 radical (unpaired) electrons. The number of amides is 1. The van der Waals surface area contributed by atoms with Gasteiger partial charge < -0.3 is 15.9 Å². The number of hydrogen-bond donors (Lipinski definition) is 3. The van der Waals surface area contributed by atoms with Crippen molar-refractivity contribution in [2.75, 3.05) is 19.6 Å². The lowest BCUT2D eigenvalue weighted by atomic mass is 10.4. The summed E-state index contributed by atoms with van der Waals surface area (Å²) >= 11 is 0. The lowest BCUT2D eigenvalue weighted by Gasteiger charge is -2.09. The number of primary amides is 1. The third-order valence-electron chi connectivity index (χ3n) is 2.06. The summed E-state index contributed by atoms with van der Waals surface area (Å²) in [6.45, 7) is 2.53. The SMILES string of the molecule is NC(=O)CN1CCCC1.O=C(O)C(F)(F)F.O=C(O)C(F)(F)F. The molecule has 0 spiro atoms. The molecular weight excluding hydrogens is 342 g/mol. The Labute approximate surface area is 125 Å². The first-order valence-corrected chi connectivity index (χ1v) is 5.78. The normalized spacial score (nSPS) is 14.9. The fourth-order valence-corrected chi connectivity index (χ4v) is 1.16. The van der Waals surface area contributed by atoms with Gasteiger partial charge >= 0.3 is 24.3 Å². The number of carbonyl (C=O) groups is 3. The molecule has 4 N–H and O–H groups in total. The Kier molecular flexibility index (Phi) is 9.96. The number of nitrogens with two attached hydrogens (primary N) is 1. The van der Waals surface area contributed by atoms with Crippen LogP contribution in [-0.2, 0) is 14.4 Å². The van der Waals surface area contributed by atoms with Crippen LogP contribution in [0.2, 0.25) is 0 Å². The summed E-state index contributed by atoms with van der Waals surface area (Å²) in [5.74, 6) is -5.73. The maximum atomic E-state index is 10.6. The molecule has 23 heavy (non-hydrogen) atoms. The van der Waals surface area contributed by atoms with E-state index in [1.54, 1.807) is 0 Å². The maximum Gasteiger partial charge on any atom is 0.490 e. The molecule has 1 rings (SSSR count). The first-order chi connectivity index (χ1) is 10.2. The van der Waals surface area contributed by atoms with Crippen molar-refractivity contribution >= 4 is 17.8 Å². The van der Waals surface area contributed by atoms with E-state index in [0.717, 1.165) is 13.1 Å². The van der Waals surface area contributed by atoms with Crippen LogP contribution in [0.1, 0.15) is 12.8 Å². The predicted octanol–water partition coefficient (Wildman–Crippen LogP) is 0.834. The van der Waals surface area contributed by atoms with Crippen molar-refractivity contribution in [3.8, 4) is 0 Å². The van der Waals surface area contributed by atoms with Gasteiger partial charge in [0, 0.05) is 0 Å². The Morgan fingerprint density at radius 3 is 1.30 bits per heavy atom. The molecule has 1 fully saturated rings. The largest absolute Gasteiger partial charge is 0.490 e. The lowest BCUT2D eigenvalue weighted by Crippen LogP contribution is -2.31. The number of carboxylic acid groups (broad SMARTS) is 2. The molecule has 0 aromatic rings. The molecule has 1 saturated heterocycles. The molecule has 1 amide bonds. The second-order valence-electron chi connectivity index (χ2n) is 4.06. The minimum absolute atomic E-state index is 0.211. The maximum absolute atomic E-state index is 10.6. The Bertz CT molecular complexity index is 380. The standard InChI is InChI=1S/C6H12N2O.2C2HF3O2/c7-6(9)5-8-3-1-2-4-8;2*3-2(4,5)1(6)7/h1-5H2,(H2,7,9);2*(H,6,7). The van der Waals surface area contributed by atoms with Crippen LogP contribution in [0.15, 0.2) is 0 Å². The molecule has 0 aromatic heterocycles. The molecule has 0 aromatic carbocycles. The average molecular weight is 356 g/mol. The van der Waals surface area contributed by atoms with Crippen molar-refractivity contribution in [1.82, 2.24) is 4.90 Å². The molecule has 0 unspecified atom stereocenters. The topological polar surface area (TPSA) is 121 Å². The highest BCUT2D eigenvalue weighted by molar-refractivity contribution is 5.76. The molecule has 7 nitrogen and oxygen atoms in total. The van der Waals surface area contributed by atoms with E-state index >= 15 is 0 Å². The lowest BCUT2D eigenvalue weighted by molar-refractivity contribution is -0.193. The van der Waals surface area contributed by atoms with Crippen LogP contribution < -0.4 is 5.73 Å². The minimum atomic E-state index is -5.08. The first-order valence-electron chi connectivity index (χ1n) is 5.78. The fourth-order valence-electron chi connectivity index (χ4n) is 1.16. The van der Waals surface area contributed by atoms with E-state index in [1.807, 2.05) is 0 Å². The van der Waals surface area contributed by atoms with E-state index in [0.29, 0.717) is 6.54 Å². The Balaban J connectivity index is 0. The van der Waals surface area contributed by atoms with E-state index in [1.165, 1.54) is 12.8 Å². The molecule has 0 aliphatic carbocycles. The van der Waals surface area contributed by atoms with Crippen LogP contribution in [0.5, 0.6) is 0 Å². The van der Waals surface area contributed by atoms with E-state index in [-0.39, 0.29) is 5.91 Å². The van der Waals surface area contributed by atoms with Crippen molar-refractivity contribution in [3.63, 3.8) is 0 Å². The van der Waals surface area contributed by atoms with E-state index < -0.39 is 24.3 Å². The number of halogens is 6. The zero-order valence-electron chi connectivity index (χ0n) is 11.4. The second kappa shape index (κ2) is 9.86. The van der Waals surface area contributed by atoms with Crippen molar-refractivity contribution in [3.05, 3.63) is 0 Å². The highest BCUT2D eigenvalue weighted by Gasteiger charge is 2.38. The summed E-state index contributed by atoms with van der Waals surface area (Å²) in [5, 5.41) is 14.2. The van der Waals surface area contributed by atoms with Crippen molar-refractivity contribution in [2.45, 2.75) is 25.2 Å². The summed E-state index contributed by atoms with van der Waals surface area (Å²) in [6, 6.07) is 0. The van der Waals surface area contributed by atoms with Crippen molar-refractivity contribution < 1.29 is 50.9 Å². The number of likely N-dealkylation sites (tertiary alicyclic amines) is 1. The van der Waals surface area contributed by atoms with Crippen LogP contribution in [0.3, 0.4) is 0 Å². The summed E-state index contributed by atoms with van der Waals surface area (Å²) in [5.41, 5.74) is 4.99. The predicted molar refractivity (Wildman–Crippen MR) is 62.2 cm³/mol. The highest BCUT2D eigenvalue weighted by Crippen LogP contribution is 2.13. The van der Waals surface area contributed by atoms with E-state index in [4.69, 9.17) is 25.5 Å². The zero-order chi connectivity index (χ0) is 18.8. The van der Waals surface area contributed by atoms with E-state index in [2.05, 4.69) is 4.90 Å². The Hall–Kier alpha value is -2.05. The number of carbonyl (C=O) groups excluding carboxylic acids is 1. The minimum Gasteiger partial charge on any atom is -0.475 e. The number of alkyl halides is 6. The van der Waals surface area contributed by atoms with Gasteiger partial charge in [-0.3, -0.25) is 9.69 Å². The second-order valence-corrected chi connectivity index (χ2v) is 4.06. The van der Waals surface area contributed by atoms with Crippen LogP contribution in [0.4, 0.5) is 26.3 Å². The molecular formula is C10H14F6N2O5. The highest BCUT2D eigenvalue weighted by atomic mass is 19.4. The molecule has 0 bridgehead atoms. The fraction of sp³-hybridized carbons (Fsp3) is 0.700. The quantitative estimate of drug-likeness (QED) is 0.631.